The van der Waals surface area contributed by atoms with Gasteiger partial charge in [0.1, 0.15) is 17.6 Å². The summed E-state index contributed by atoms with van der Waals surface area (Å²) in [5.41, 5.74) is 4.60. The summed E-state index contributed by atoms with van der Waals surface area (Å²) >= 11 is 0. The van der Waals surface area contributed by atoms with E-state index in [9.17, 15) is 18.0 Å². The van der Waals surface area contributed by atoms with E-state index in [1.54, 1.807) is 0 Å². The second kappa shape index (κ2) is 5.26. The van der Waals surface area contributed by atoms with Gasteiger partial charge in [-0.2, -0.15) is 8.78 Å². The van der Waals surface area contributed by atoms with Crippen LogP contribution in [0.4, 0.5) is 13.2 Å². The highest BCUT2D eigenvalue weighted by atomic mass is 19.3. The van der Waals surface area contributed by atoms with Crippen LogP contribution in [-0.2, 0) is 9.53 Å². The zero-order valence-electron chi connectivity index (χ0n) is 9.49. The van der Waals surface area contributed by atoms with Crippen LogP contribution >= 0.6 is 0 Å². The van der Waals surface area contributed by atoms with E-state index in [0.717, 1.165) is 12.1 Å². The minimum atomic E-state index is -4.05. The summed E-state index contributed by atoms with van der Waals surface area (Å²) in [6.45, 7) is 1.12. The van der Waals surface area contributed by atoms with Crippen LogP contribution in [0.1, 0.15) is 18.5 Å². The zero-order chi connectivity index (χ0) is 13.9. The lowest BCUT2D eigenvalue weighted by Gasteiger charge is -2.22. The van der Waals surface area contributed by atoms with Crippen LogP contribution in [0.25, 0.3) is 0 Å². The van der Waals surface area contributed by atoms with Crippen molar-refractivity contribution in [3.8, 4) is 5.75 Å². The predicted molar refractivity (Wildman–Crippen MR) is 56.6 cm³/mol. The molecule has 0 saturated heterocycles. The number of phenolic OH excluding ortho intramolecular Hbond substituents is 1. The molecule has 1 aromatic carbocycles. The summed E-state index contributed by atoms with van der Waals surface area (Å²) < 4.78 is 44.6. The van der Waals surface area contributed by atoms with Gasteiger partial charge in [-0.05, 0) is 13.0 Å². The Bertz CT molecular complexity index is 451. The molecule has 1 atom stereocenters. The van der Waals surface area contributed by atoms with Crippen LogP contribution in [0.2, 0.25) is 0 Å². The molecule has 3 N–H and O–H groups in total. The van der Waals surface area contributed by atoms with Crippen LogP contribution in [0, 0.1) is 5.82 Å². The van der Waals surface area contributed by atoms with Gasteiger partial charge in [0.25, 0.3) is 0 Å². The van der Waals surface area contributed by atoms with Crippen molar-refractivity contribution in [3.05, 3.63) is 29.6 Å². The Morgan fingerprint density at radius 1 is 1.56 bits per heavy atom. The molecule has 7 heteroatoms. The van der Waals surface area contributed by atoms with Gasteiger partial charge in [-0.1, -0.05) is 6.07 Å². The number of esters is 1. The molecule has 0 aliphatic rings. The third kappa shape index (κ3) is 2.73. The molecule has 0 saturated carbocycles. The van der Waals surface area contributed by atoms with Crippen molar-refractivity contribution in [2.45, 2.75) is 18.9 Å². The lowest BCUT2D eigenvalue weighted by Crippen LogP contribution is -2.42. The number of nitrogens with two attached hydrogens (primary N) is 1. The zero-order valence-corrected chi connectivity index (χ0v) is 9.49. The van der Waals surface area contributed by atoms with Crippen LogP contribution < -0.4 is 5.73 Å². The van der Waals surface area contributed by atoms with E-state index in [2.05, 4.69) is 4.74 Å². The molecule has 0 radical (unpaired) electrons. The Morgan fingerprint density at radius 2 is 2.17 bits per heavy atom. The van der Waals surface area contributed by atoms with Gasteiger partial charge < -0.3 is 15.6 Å². The van der Waals surface area contributed by atoms with Crippen molar-refractivity contribution >= 4 is 5.97 Å². The summed E-state index contributed by atoms with van der Waals surface area (Å²) in [6, 6.07) is 0.343. The molecule has 100 valence electrons. The Hall–Kier alpha value is -1.76. The third-order valence-corrected chi connectivity index (χ3v) is 2.26. The number of ether oxygens (including phenoxy) is 1. The first-order chi connectivity index (χ1) is 8.30. The summed E-state index contributed by atoms with van der Waals surface area (Å²) in [7, 11) is 0. The van der Waals surface area contributed by atoms with Gasteiger partial charge in [0, 0.05) is 11.6 Å². The number of carbonyl (C=O) groups is 1. The van der Waals surface area contributed by atoms with E-state index in [-0.39, 0.29) is 6.61 Å². The first kappa shape index (κ1) is 14.3. The second-order valence-electron chi connectivity index (χ2n) is 3.53. The fourth-order valence-electron chi connectivity index (χ4n) is 1.32. The van der Waals surface area contributed by atoms with Crippen molar-refractivity contribution in [1.29, 1.82) is 0 Å². The maximum absolute atomic E-state index is 13.5. The van der Waals surface area contributed by atoms with Crippen LogP contribution in [-0.4, -0.2) is 23.6 Å². The summed E-state index contributed by atoms with van der Waals surface area (Å²) in [6.07, 6.45) is 0. The van der Waals surface area contributed by atoms with Crippen LogP contribution in [0.3, 0.4) is 0 Å². The molecule has 0 aliphatic carbocycles. The van der Waals surface area contributed by atoms with Crippen LogP contribution in [0.15, 0.2) is 18.2 Å². The number of halogens is 3. The number of hydrogen-bond acceptors (Lipinski definition) is 4. The average Bonchev–Trinajstić information content (AvgIpc) is 2.28. The molecule has 18 heavy (non-hydrogen) atoms. The number of alkyl halides is 2. The highest BCUT2D eigenvalue weighted by Gasteiger charge is 2.48. The largest absolute Gasteiger partial charge is 0.508 e. The van der Waals surface area contributed by atoms with Crippen LogP contribution in [0.5, 0.6) is 5.75 Å². The molecule has 0 bridgehead atoms. The second-order valence-corrected chi connectivity index (χ2v) is 3.53. The molecule has 0 amide bonds. The number of phenols is 1. The summed E-state index contributed by atoms with van der Waals surface area (Å²) in [4.78, 5) is 11.0. The van der Waals surface area contributed by atoms with Crippen molar-refractivity contribution in [1.82, 2.24) is 0 Å². The normalized spacial score (nSPS) is 13.2. The average molecular weight is 263 g/mol. The Kier molecular flexibility index (Phi) is 4.18. The third-order valence-electron chi connectivity index (χ3n) is 2.26. The lowest BCUT2D eigenvalue weighted by atomic mass is 10.0. The molecule has 0 unspecified atom stereocenters. The van der Waals surface area contributed by atoms with Gasteiger partial charge >= 0.3 is 11.9 Å². The maximum atomic E-state index is 13.5. The SMILES string of the molecule is CCOC(=O)C(F)(F)[C@H](N)c1ccc(O)cc1F. The first-order valence-corrected chi connectivity index (χ1v) is 5.09. The first-order valence-electron chi connectivity index (χ1n) is 5.09. The molecular weight excluding hydrogens is 251 g/mol. The quantitative estimate of drug-likeness (QED) is 0.811. The maximum Gasteiger partial charge on any atom is 0.379 e. The van der Waals surface area contributed by atoms with Gasteiger partial charge in [-0.25, -0.2) is 9.18 Å². The minimum absolute atomic E-state index is 0.237. The van der Waals surface area contributed by atoms with Gasteiger partial charge in [0.15, 0.2) is 0 Å². The summed E-state index contributed by atoms with van der Waals surface area (Å²) in [5, 5.41) is 8.96. The van der Waals surface area contributed by atoms with E-state index in [4.69, 9.17) is 10.8 Å². The number of benzene rings is 1. The Balaban J connectivity index is 3.05. The highest BCUT2D eigenvalue weighted by Crippen LogP contribution is 2.32. The summed E-state index contributed by atoms with van der Waals surface area (Å²) in [5.74, 6) is -7.41. The fourth-order valence-corrected chi connectivity index (χ4v) is 1.32. The van der Waals surface area contributed by atoms with E-state index in [1.165, 1.54) is 6.92 Å². The highest BCUT2D eigenvalue weighted by molar-refractivity contribution is 5.78. The van der Waals surface area contributed by atoms with E-state index < -0.39 is 35.1 Å². The molecular formula is C11H12F3NO3. The van der Waals surface area contributed by atoms with E-state index in [0.29, 0.717) is 6.07 Å². The number of rotatable bonds is 4. The Labute approximate surface area is 101 Å². The van der Waals surface area contributed by atoms with E-state index >= 15 is 0 Å². The van der Waals surface area contributed by atoms with Crippen molar-refractivity contribution in [2.24, 2.45) is 5.73 Å². The van der Waals surface area contributed by atoms with Gasteiger partial charge in [-0.3, -0.25) is 0 Å². The minimum Gasteiger partial charge on any atom is -0.508 e. The molecule has 1 aromatic rings. The van der Waals surface area contributed by atoms with E-state index in [1.807, 2.05) is 0 Å². The topological polar surface area (TPSA) is 72.5 Å². The van der Waals surface area contributed by atoms with Gasteiger partial charge in [0.05, 0.1) is 6.61 Å². The van der Waals surface area contributed by atoms with Crippen molar-refractivity contribution in [2.75, 3.05) is 6.61 Å². The lowest BCUT2D eigenvalue weighted by molar-refractivity contribution is -0.174. The molecule has 0 aliphatic heterocycles. The molecule has 0 aromatic heterocycles. The van der Waals surface area contributed by atoms with Gasteiger partial charge in [0.2, 0.25) is 0 Å². The predicted octanol–water partition coefficient (Wildman–Crippen LogP) is 1.73. The number of aromatic hydroxyl groups is 1. The molecule has 1 rings (SSSR count). The standard InChI is InChI=1S/C11H12F3NO3/c1-2-18-10(17)11(13,14)9(15)7-4-3-6(16)5-8(7)12/h3-5,9,16H,2,15H2,1H3/t9-/m1/s1. The van der Waals surface area contributed by atoms with Gasteiger partial charge in [-0.15, -0.1) is 0 Å². The van der Waals surface area contributed by atoms with Crippen molar-refractivity contribution < 1.29 is 27.8 Å². The molecule has 0 spiro atoms. The fraction of sp³-hybridized carbons (Fsp3) is 0.364. The van der Waals surface area contributed by atoms with Crippen molar-refractivity contribution in [3.63, 3.8) is 0 Å². The Morgan fingerprint density at radius 3 is 2.67 bits per heavy atom. The smallest absolute Gasteiger partial charge is 0.379 e. The number of carbonyl (C=O) groups excluding carboxylic acids is 1. The molecule has 0 fully saturated rings. The monoisotopic (exact) mass is 263 g/mol. The molecule has 4 nitrogen and oxygen atoms in total. The number of hydrogen-bond donors (Lipinski definition) is 2. The molecule has 0 heterocycles.